The van der Waals surface area contributed by atoms with E-state index in [-0.39, 0.29) is 29.7 Å². The lowest BCUT2D eigenvalue weighted by atomic mass is 9.77. The highest BCUT2D eigenvalue weighted by Crippen LogP contribution is 2.37. The monoisotopic (exact) mass is 405 g/mol. The van der Waals surface area contributed by atoms with E-state index in [0.717, 1.165) is 4.90 Å². The molecule has 3 rings (SSSR count). The molecule has 1 aromatic carbocycles. The van der Waals surface area contributed by atoms with Crippen molar-refractivity contribution in [1.82, 2.24) is 10.2 Å². The van der Waals surface area contributed by atoms with Crippen molar-refractivity contribution in [2.45, 2.75) is 43.7 Å². The summed E-state index contributed by atoms with van der Waals surface area (Å²) in [5, 5.41) is 15.9. The van der Waals surface area contributed by atoms with Crippen LogP contribution < -0.4 is 10.6 Å². The number of hydrogen-bond acceptors (Lipinski definition) is 5. The number of aliphatic hydroxyl groups excluding tert-OH is 1. The molecule has 0 bridgehead atoms. The van der Waals surface area contributed by atoms with E-state index in [0.29, 0.717) is 43.3 Å². The number of para-hydroxylation sites is 1. The number of nitrogens with zero attached hydrogens (tertiary/aromatic N) is 1. The lowest BCUT2D eigenvalue weighted by molar-refractivity contribution is -0.127. The van der Waals surface area contributed by atoms with Gasteiger partial charge in [0.2, 0.25) is 17.7 Å². The van der Waals surface area contributed by atoms with Gasteiger partial charge in [-0.15, -0.1) is 11.8 Å². The second-order valence-corrected chi connectivity index (χ2v) is 8.65. The Morgan fingerprint density at radius 3 is 2.46 bits per heavy atom. The predicted molar refractivity (Wildman–Crippen MR) is 108 cm³/mol. The van der Waals surface area contributed by atoms with Gasteiger partial charge in [0.05, 0.1) is 23.6 Å². The van der Waals surface area contributed by atoms with E-state index in [2.05, 4.69) is 10.6 Å². The summed E-state index contributed by atoms with van der Waals surface area (Å²) in [6.07, 6.45) is 0.755. The Bertz CT molecular complexity index is 757. The number of amides is 3. The number of hydrogen-bond donors (Lipinski definition) is 3. The van der Waals surface area contributed by atoms with Gasteiger partial charge in [-0.2, -0.15) is 0 Å². The maximum atomic E-state index is 12.7. The minimum absolute atomic E-state index is 0.0580. The first kappa shape index (κ1) is 20.7. The number of benzene rings is 1. The highest BCUT2D eigenvalue weighted by Gasteiger charge is 2.43. The molecule has 28 heavy (non-hydrogen) atoms. The van der Waals surface area contributed by atoms with E-state index in [1.54, 1.807) is 0 Å². The molecule has 3 amide bonds. The summed E-state index contributed by atoms with van der Waals surface area (Å²) in [5.41, 5.74) is 0.712. The molecule has 4 atom stereocenters. The van der Waals surface area contributed by atoms with Crippen molar-refractivity contribution in [1.29, 1.82) is 0 Å². The molecule has 0 unspecified atom stereocenters. The lowest BCUT2D eigenvalue weighted by Gasteiger charge is -2.35. The average Bonchev–Trinajstić information content (AvgIpc) is 3.03. The van der Waals surface area contributed by atoms with Crippen LogP contribution in [0.25, 0.3) is 0 Å². The maximum Gasteiger partial charge on any atom is 0.232 e. The molecule has 1 aliphatic carbocycles. The van der Waals surface area contributed by atoms with E-state index in [4.69, 9.17) is 0 Å². The summed E-state index contributed by atoms with van der Waals surface area (Å²) in [6.45, 7) is 4.24. The van der Waals surface area contributed by atoms with Gasteiger partial charge in [-0.25, -0.2) is 0 Å². The van der Waals surface area contributed by atoms with E-state index in [1.165, 1.54) is 25.6 Å². The molecule has 1 saturated carbocycles. The quantitative estimate of drug-likeness (QED) is 0.645. The van der Waals surface area contributed by atoms with Crippen molar-refractivity contribution < 1.29 is 19.5 Å². The molecular weight excluding hydrogens is 378 g/mol. The van der Waals surface area contributed by atoms with Crippen molar-refractivity contribution in [2.75, 3.05) is 24.2 Å². The first-order valence-electron chi connectivity index (χ1n) is 9.56. The molecule has 8 heteroatoms. The van der Waals surface area contributed by atoms with E-state index < -0.39 is 6.10 Å². The maximum absolute atomic E-state index is 12.7. The molecule has 3 N–H and O–H groups in total. The molecule has 1 saturated heterocycles. The highest BCUT2D eigenvalue weighted by molar-refractivity contribution is 8.00. The first-order chi connectivity index (χ1) is 13.3. The van der Waals surface area contributed by atoms with Gasteiger partial charge in [0.1, 0.15) is 0 Å². The Morgan fingerprint density at radius 1 is 1.11 bits per heavy atom. The summed E-state index contributed by atoms with van der Waals surface area (Å²) < 4.78 is 0. The van der Waals surface area contributed by atoms with Crippen LogP contribution in [0.15, 0.2) is 29.2 Å². The van der Waals surface area contributed by atoms with Crippen LogP contribution in [0.4, 0.5) is 5.69 Å². The second kappa shape index (κ2) is 8.96. The third-order valence-corrected chi connectivity index (χ3v) is 6.49. The van der Waals surface area contributed by atoms with Crippen LogP contribution in [0, 0.1) is 11.8 Å². The van der Waals surface area contributed by atoms with E-state index in [1.807, 2.05) is 29.2 Å². The Kier molecular flexibility index (Phi) is 6.61. The molecule has 0 aromatic heterocycles. The number of anilines is 1. The zero-order valence-corrected chi connectivity index (χ0v) is 17.0. The Labute approximate surface area is 169 Å². The molecule has 7 nitrogen and oxygen atoms in total. The topological polar surface area (TPSA) is 98.7 Å². The summed E-state index contributed by atoms with van der Waals surface area (Å²) >= 11 is 1.41. The van der Waals surface area contributed by atoms with Crippen molar-refractivity contribution in [2.24, 2.45) is 11.8 Å². The highest BCUT2D eigenvalue weighted by atomic mass is 32.2. The fraction of sp³-hybridized carbons (Fsp3) is 0.550. The molecule has 1 aliphatic heterocycles. The Balaban J connectivity index is 1.56. The van der Waals surface area contributed by atoms with Crippen LogP contribution in [0.1, 0.15) is 26.7 Å². The fourth-order valence-corrected chi connectivity index (χ4v) is 5.08. The molecule has 2 fully saturated rings. The van der Waals surface area contributed by atoms with E-state index in [9.17, 15) is 19.5 Å². The third kappa shape index (κ3) is 5.05. The first-order valence-corrected chi connectivity index (χ1v) is 10.5. The van der Waals surface area contributed by atoms with Gasteiger partial charge in [-0.3, -0.25) is 14.4 Å². The van der Waals surface area contributed by atoms with Crippen LogP contribution in [-0.2, 0) is 14.4 Å². The zero-order valence-electron chi connectivity index (χ0n) is 16.2. The minimum atomic E-state index is -0.556. The normalized spacial score (nSPS) is 26.5. The number of likely N-dealkylation sites (tertiary alicyclic amines) is 1. The fourth-order valence-electron chi connectivity index (χ4n) is 4.17. The number of aliphatic hydroxyl groups is 1. The van der Waals surface area contributed by atoms with Gasteiger partial charge >= 0.3 is 0 Å². The number of fused-ring (bicyclic) bond motifs is 1. The van der Waals surface area contributed by atoms with Crippen LogP contribution in [0.5, 0.6) is 0 Å². The molecule has 152 valence electrons. The number of carbonyl (C=O) groups is 3. The number of nitrogens with one attached hydrogen (secondary N) is 2. The smallest absolute Gasteiger partial charge is 0.232 e. The summed E-state index contributed by atoms with van der Waals surface area (Å²) in [6, 6.07) is 7.21. The SMILES string of the molecule is CC(=O)Nc1ccccc1SCC(=O)N1C[C@H]2C[C@@H](NC(C)=O)[C@H](O)C[C@H]2C1. The van der Waals surface area contributed by atoms with Crippen molar-refractivity contribution in [3.63, 3.8) is 0 Å². The van der Waals surface area contributed by atoms with Gasteiger partial charge < -0.3 is 20.6 Å². The van der Waals surface area contributed by atoms with Crippen molar-refractivity contribution in [3.05, 3.63) is 24.3 Å². The summed E-state index contributed by atoms with van der Waals surface area (Å²) in [5.74, 6) is 0.662. The van der Waals surface area contributed by atoms with Crippen LogP contribution in [0.2, 0.25) is 0 Å². The molecular formula is C20H27N3O4S. The Morgan fingerprint density at radius 2 is 1.79 bits per heavy atom. The molecule has 0 radical (unpaired) electrons. The minimum Gasteiger partial charge on any atom is -0.391 e. The van der Waals surface area contributed by atoms with Crippen molar-refractivity contribution in [3.8, 4) is 0 Å². The molecule has 1 heterocycles. The van der Waals surface area contributed by atoms with Gasteiger partial charge in [0, 0.05) is 31.8 Å². The van der Waals surface area contributed by atoms with Gasteiger partial charge in [-0.05, 0) is 36.8 Å². The number of thioether (sulfide) groups is 1. The summed E-state index contributed by atoms with van der Waals surface area (Å²) in [4.78, 5) is 38.1. The molecule has 2 aliphatic rings. The second-order valence-electron chi connectivity index (χ2n) is 7.63. The number of carbonyl (C=O) groups excluding carboxylic acids is 3. The lowest BCUT2D eigenvalue weighted by Crippen LogP contribution is -2.48. The van der Waals surface area contributed by atoms with Crippen LogP contribution >= 0.6 is 11.8 Å². The average molecular weight is 406 g/mol. The predicted octanol–water partition coefficient (Wildman–Crippen LogP) is 1.47. The Hall–Kier alpha value is -2.06. The van der Waals surface area contributed by atoms with Crippen LogP contribution in [-0.4, -0.2) is 58.7 Å². The molecule has 1 aromatic rings. The third-order valence-electron chi connectivity index (χ3n) is 5.43. The van der Waals surface area contributed by atoms with E-state index >= 15 is 0 Å². The largest absolute Gasteiger partial charge is 0.391 e. The zero-order chi connectivity index (χ0) is 20.3. The van der Waals surface area contributed by atoms with Gasteiger partial charge in [0.15, 0.2) is 0 Å². The van der Waals surface area contributed by atoms with Crippen LogP contribution in [0.3, 0.4) is 0 Å². The van der Waals surface area contributed by atoms with Gasteiger partial charge in [0.25, 0.3) is 0 Å². The standard InChI is InChI=1S/C20H27N3O4S/c1-12(24)21-16-5-3-4-6-19(16)28-11-20(27)23-9-14-7-17(22-13(2)25)18(26)8-15(14)10-23/h3-6,14-15,17-18,26H,7-11H2,1-2H3,(H,21,24)(H,22,25)/t14-,15+,17-,18-/m1/s1. The van der Waals surface area contributed by atoms with Gasteiger partial charge in [-0.1, -0.05) is 12.1 Å². The molecule has 0 spiro atoms. The summed E-state index contributed by atoms with van der Waals surface area (Å²) in [7, 11) is 0. The van der Waals surface area contributed by atoms with Crippen molar-refractivity contribution >= 4 is 35.2 Å². The number of rotatable bonds is 5.